The highest BCUT2D eigenvalue weighted by molar-refractivity contribution is 6.36. The van der Waals surface area contributed by atoms with E-state index < -0.39 is 11.2 Å². The van der Waals surface area contributed by atoms with Gasteiger partial charge in [0.15, 0.2) is 5.82 Å². The van der Waals surface area contributed by atoms with E-state index in [4.69, 9.17) is 21.3 Å². The van der Waals surface area contributed by atoms with Gasteiger partial charge in [0.1, 0.15) is 5.39 Å². The Hall–Kier alpha value is -5.07. The molecule has 1 amide bonds. The van der Waals surface area contributed by atoms with Gasteiger partial charge < -0.3 is 15.4 Å². The number of aromatic nitrogens is 5. The lowest BCUT2D eigenvalue weighted by Gasteiger charge is -2.28. The Kier molecular flexibility index (Phi) is 7.76. The molecule has 0 bridgehead atoms. The molecule has 0 saturated carbocycles. The number of pyridine rings is 1. The first-order valence-corrected chi connectivity index (χ1v) is 17.2. The number of nitrogens with one attached hydrogen (secondary N) is 2. The molecule has 5 aromatic rings. The summed E-state index contributed by atoms with van der Waals surface area (Å²) in [5.74, 6) is 1.02. The number of aryl methyl sites for hydroxylation is 2. The van der Waals surface area contributed by atoms with E-state index in [1.54, 1.807) is 14.2 Å². The van der Waals surface area contributed by atoms with Gasteiger partial charge in [-0.25, -0.2) is 9.78 Å². The van der Waals surface area contributed by atoms with Crippen molar-refractivity contribution in [1.82, 2.24) is 34.5 Å². The van der Waals surface area contributed by atoms with Crippen molar-refractivity contribution >= 4 is 39.9 Å². The van der Waals surface area contributed by atoms with Crippen molar-refractivity contribution in [3.05, 3.63) is 91.2 Å². The average molecular weight is 693 g/mol. The Bertz CT molecular complexity index is 2350. The summed E-state index contributed by atoms with van der Waals surface area (Å²) in [6.07, 6.45) is 5.75. The number of benzene rings is 2. The number of anilines is 2. The number of ether oxygens (including phenoxy) is 1. The number of likely N-dealkylation sites (tertiary alicyclic amines) is 1. The van der Waals surface area contributed by atoms with Crippen LogP contribution in [0.15, 0.2) is 58.3 Å². The first kappa shape index (κ1) is 32.2. The van der Waals surface area contributed by atoms with E-state index in [1.165, 1.54) is 23.4 Å². The molecular weight excluding hydrogens is 656 g/mol. The second-order valence-electron chi connectivity index (χ2n) is 13.6. The normalized spacial score (nSPS) is 20.1. The summed E-state index contributed by atoms with van der Waals surface area (Å²) in [4.78, 5) is 45.2. The number of carbonyl (C=O) groups is 1. The van der Waals surface area contributed by atoms with Crippen molar-refractivity contribution in [3.8, 4) is 28.3 Å². The van der Waals surface area contributed by atoms with Crippen LogP contribution in [0.2, 0.25) is 5.02 Å². The largest absolute Gasteiger partial charge is 0.481 e. The Morgan fingerprint density at radius 3 is 2.58 bits per heavy atom. The van der Waals surface area contributed by atoms with E-state index >= 15 is 0 Å². The van der Waals surface area contributed by atoms with Crippen LogP contribution in [-0.2, 0) is 25.3 Å². The van der Waals surface area contributed by atoms with Crippen LogP contribution < -0.4 is 26.6 Å². The minimum atomic E-state index is -0.458. The average Bonchev–Trinajstić information content (AvgIpc) is 3.84. The Morgan fingerprint density at radius 1 is 1.02 bits per heavy atom. The smallest absolute Gasteiger partial charge is 0.330 e. The molecule has 50 heavy (non-hydrogen) atoms. The quantitative estimate of drug-likeness (QED) is 0.257. The highest BCUT2D eigenvalue weighted by Crippen LogP contribution is 2.47. The van der Waals surface area contributed by atoms with E-state index in [1.807, 2.05) is 43.3 Å². The summed E-state index contributed by atoms with van der Waals surface area (Å²) < 4.78 is 8.38. The lowest BCUT2D eigenvalue weighted by molar-refractivity contribution is -0.119. The molecule has 1 spiro atoms. The third-order valence-corrected chi connectivity index (χ3v) is 11.2. The van der Waals surface area contributed by atoms with Gasteiger partial charge in [-0.05, 0) is 61.4 Å². The van der Waals surface area contributed by atoms with Gasteiger partial charge in [0.05, 0.1) is 35.1 Å². The van der Waals surface area contributed by atoms with E-state index in [0.29, 0.717) is 28.5 Å². The third-order valence-electron chi connectivity index (χ3n) is 10.8. The Balaban J connectivity index is 1.13. The molecule has 12 nitrogen and oxygen atoms in total. The van der Waals surface area contributed by atoms with Crippen LogP contribution >= 0.6 is 11.6 Å². The molecule has 2 saturated heterocycles. The second-order valence-corrected chi connectivity index (χ2v) is 14.0. The molecule has 2 fully saturated rings. The van der Waals surface area contributed by atoms with Crippen molar-refractivity contribution in [1.29, 1.82) is 0 Å². The molecular formula is C37H37ClN8O4. The van der Waals surface area contributed by atoms with Crippen molar-refractivity contribution in [2.24, 2.45) is 14.1 Å². The third kappa shape index (κ3) is 5.08. The Labute approximate surface area is 293 Å². The van der Waals surface area contributed by atoms with Crippen LogP contribution in [0, 0.1) is 6.92 Å². The number of hydrogen-bond acceptors (Lipinski definition) is 9. The van der Waals surface area contributed by atoms with E-state index in [2.05, 4.69) is 31.8 Å². The van der Waals surface area contributed by atoms with Crippen molar-refractivity contribution in [2.45, 2.75) is 50.6 Å². The first-order chi connectivity index (χ1) is 24.1. The molecule has 2 unspecified atom stereocenters. The standard InChI is InChI=1S/C37H37ClN8O4/c1-20-22(7-6-10-25(20)40-33-31-28(18-39-43-33)44(2)36(49)45(3)35(31)48)23-8-5-9-24(32(23)38)26-17-21-11-12-27(30(21)34(41-26)50-4)46-16-15-37(19-46)14-13-29(47)42-37/h5-10,17-18,27H,11-16,19H2,1-4H3,(H,40,43)(H,42,47). The lowest BCUT2D eigenvalue weighted by Crippen LogP contribution is -2.44. The van der Waals surface area contributed by atoms with Gasteiger partial charge in [-0.1, -0.05) is 41.9 Å². The number of fused-ring (bicyclic) bond motifs is 2. The number of amides is 1. The molecule has 2 N–H and O–H groups in total. The zero-order chi connectivity index (χ0) is 34.9. The number of rotatable bonds is 6. The number of nitrogens with zero attached hydrogens (tertiary/aromatic N) is 6. The minimum Gasteiger partial charge on any atom is -0.481 e. The lowest BCUT2D eigenvalue weighted by atomic mass is 9.96. The molecule has 3 aromatic heterocycles. The van der Waals surface area contributed by atoms with Crippen LogP contribution in [0.4, 0.5) is 11.5 Å². The van der Waals surface area contributed by atoms with Crippen molar-refractivity contribution in [2.75, 3.05) is 25.5 Å². The number of carbonyl (C=O) groups excluding carboxylic acids is 1. The summed E-state index contributed by atoms with van der Waals surface area (Å²) in [7, 11) is 4.71. The number of hydrogen-bond donors (Lipinski definition) is 2. The molecule has 1 aliphatic carbocycles. The van der Waals surface area contributed by atoms with Gasteiger partial charge in [-0.3, -0.25) is 23.6 Å². The maximum absolute atomic E-state index is 13.2. The first-order valence-electron chi connectivity index (χ1n) is 16.8. The second kappa shape index (κ2) is 12.1. The zero-order valence-corrected chi connectivity index (χ0v) is 29.1. The van der Waals surface area contributed by atoms with Crippen LogP contribution in [-0.4, -0.2) is 60.9 Å². The van der Waals surface area contributed by atoms with Gasteiger partial charge in [-0.2, -0.15) is 5.10 Å². The fourth-order valence-corrected chi connectivity index (χ4v) is 8.46. The summed E-state index contributed by atoms with van der Waals surface area (Å²) in [6.45, 7) is 3.75. The minimum absolute atomic E-state index is 0.113. The molecule has 2 aliphatic heterocycles. The summed E-state index contributed by atoms with van der Waals surface area (Å²) in [5.41, 5.74) is 6.57. The van der Waals surface area contributed by atoms with Gasteiger partial charge in [0.25, 0.3) is 5.56 Å². The zero-order valence-electron chi connectivity index (χ0n) is 28.3. The molecule has 0 radical (unpaired) electrons. The predicted molar refractivity (Wildman–Crippen MR) is 192 cm³/mol. The topological polar surface area (TPSA) is 136 Å². The molecule has 13 heteroatoms. The fourth-order valence-electron chi connectivity index (χ4n) is 8.13. The number of halogens is 1. The fraction of sp³-hybridized carbons (Fsp3) is 0.351. The van der Waals surface area contributed by atoms with Crippen LogP contribution in [0.3, 0.4) is 0 Å². The summed E-state index contributed by atoms with van der Waals surface area (Å²) >= 11 is 7.23. The SMILES string of the molecule is COc1nc(-c2cccc(-c3cccc(Nc4nncc5c4c(=O)n(C)c(=O)n5C)c3C)c2Cl)cc2c1C(N1CCC3(CCC(=O)N3)C1)CC2. The maximum atomic E-state index is 13.2. The van der Waals surface area contributed by atoms with Crippen LogP contribution in [0.5, 0.6) is 5.88 Å². The molecule has 5 heterocycles. The molecule has 2 atom stereocenters. The van der Waals surface area contributed by atoms with E-state index in [9.17, 15) is 14.4 Å². The number of methoxy groups -OCH3 is 1. The molecule has 2 aromatic carbocycles. The van der Waals surface area contributed by atoms with Crippen LogP contribution in [0.25, 0.3) is 33.3 Å². The van der Waals surface area contributed by atoms with Crippen LogP contribution in [0.1, 0.15) is 48.4 Å². The maximum Gasteiger partial charge on any atom is 0.330 e. The predicted octanol–water partition coefficient (Wildman–Crippen LogP) is 4.81. The van der Waals surface area contributed by atoms with E-state index in [-0.39, 0.29) is 28.7 Å². The monoisotopic (exact) mass is 692 g/mol. The Morgan fingerprint density at radius 2 is 1.80 bits per heavy atom. The van der Waals surface area contributed by atoms with Gasteiger partial charge in [-0.15, -0.1) is 5.10 Å². The molecule has 8 rings (SSSR count). The summed E-state index contributed by atoms with van der Waals surface area (Å²) in [6, 6.07) is 14.1. The van der Waals surface area contributed by atoms with Gasteiger partial charge in [0, 0.05) is 62.0 Å². The van der Waals surface area contributed by atoms with Gasteiger partial charge in [0.2, 0.25) is 11.8 Å². The van der Waals surface area contributed by atoms with Gasteiger partial charge >= 0.3 is 5.69 Å². The highest BCUT2D eigenvalue weighted by atomic mass is 35.5. The van der Waals surface area contributed by atoms with Crippen molar-refractivity contribution in [3.63, 3.8) is 0 Å². The molecule has 3 aliphatic rings. The summed E-state index contributed by atoms with van der Waals surface area (Å²) in [5, 5.41) is 15.7. The molecule has 256 valence electrons. The van der Waals surface area contributed by atoms with Crippen molar-refractivity contribution < 1.29 is 9.53 Å². The van der Waals surface area contributed by atoms with E-state index in [0.717, 1.165) is 76.9 Å². The highest BCUT2D eigenvalue weighted by Gasteiger charge is 2.46.